The molecule has 0 aromatic heterocycles. The van der Waals surface area contributed by atoms with Crippen LogP contribution in [0.3, 0.4) is 0 Å². The Bertz CT molecular complexity index is 2500. The summed E-state index contributed by atoms with van der Waals surface area (Å²) in [5.41, 5.74) is 7.75. The lowest BCUT2D eigenvalue weighted by molar-refractivity contribution is -0.139. The largest absolute Gasteiger partial charge is 0.497 e. The molecule has 61 heavy (non-hydrogen) atoms. The van der Waals surface area contributed by atoms with Crippen molar-refractivity contribution in [1.82, 2.24) is 10.2 Å². The van der Waals surface area contributed by atoms with Gasteiger partial charge in [0.1, 0.15) is 30.8 Å². The van der Waals surface area contributed by atoms with Crippen LogP contribution in [0.2, 0.25) is 10.0 Å². The Labute approximate surface area is 365 Å². The lowest BCUT2D eigenvalue weighted by Crippen LogP contribution is -2.44. The fourth-order valence-electron chi connectivity index (χ4n) is 8.16. The molecule has 0 saturated heterocycles. The minimum Gasteiger partial charge on any atom is -0.497 e. The number of fused-ring (bicyclic) bond motifs is 2. The maximum absolute atomic E-state index is 14.7. The van der Waals surface area contributed by atoms with Crippen molar-refractivity contribution in [3.05, 3.63) is 176 Å². The average Bonchev–Trinajstić information content (AvgIpc) is 3.29. The van der Waals surface area contributed by atoms with E-state index in [-0.39, 0.29) is 19.1 Å². The second-order valence-electron chi connectivity index (χ2n) is 15.3. The van der Waals surface area contributed by atoms with Crippen LogP contribution in [0.25, 0.3) is 11.1 Å². The molecule has 0 aliphatic carbocycles. The molecular formula is C50H46Cl2N2O7. The molecule has 0 unspecified atom stereocenters. The van der Waals surface area contributed by atoms with Crippen LogP contribution >= 0.6 is 23.2 Å². The van der Waals surface area contributed by atoms with Crippen molar-refractivity contribution in [2.24, 2.45) is 0 Å². The summed E-state index contributed by atoms with van der Waals surface area (Å²) in [5, 5.41) is 14.3. The molecule has 1 amide bonds. The first-order valence-electron chi connectivity index (χ1n) is 20.4. The Balaban J connectivity index is 1.07. The van der Waals surface area contributed by atoms with Crippen LogP contribution in [0, 0.1) is 0 Å². The monoisotopic (exact) mass is 856 g/mol. The number of amides is 1. The first kappa shape index (κ1) is 41.7. The van der Waals surface area contributed by atoms with Crippen molar-refractivity contribution in [3.8, 4) is 34.1 Å². The average molecular weight is 858 g/mol. The standard InChI is InChI=1S/C50H46Cl2N2O7/c1-3-44(35-7-5-4-6-8-35)54-24-23-37-27-45-48(61-46(30-60-45)36-16-20-39(21-17-36)59-29-32-11-22-41(51)42(52)25-32)47(40(37)28-54)49(55)53-43(50(56)57)26-31-9-12-33(13-10-31)34-14-18-38(58-2)19-15-34/h4-22,25,27,43-44,46H,3,23-24,26,28-30H2,1-2H3,(H,53,55)(H,56,57)/t43-,44-,46+/m0/s1. The Morgan fingerprint density at radius 3 is 2.21 bits per heavy atom. The molecule has 0 saturated carbocycles. The zero-order chi connectivity index (χ0) is 42.5. The number of nitrogens with zero attached hydrogens (tertiary/aromatic N) is 1. The number of nitrogens with one attached hydrogen (secondary N) is 1. The lowest BCUT2D eigenvalue weighted by atomic mass is 9.90. The van der Waals surface area contributed by atoms with Crippen LogP contribution in [0.1, 0.15) is 69.2 Å². The SMILES string of the molecule is CC[C@@H](c1ccccc1)N1CCc2cc3c(c(C(=O)N[C@@H](Cc4ccc(-c5ccc(OC)cc5)cc4)C(=O)O)c2C1)O[C@@H](c1ccc(OCc2ccc(Cl)c(Cl)c2)cc1)CO3. The molecule has 0 bridgehead atoms. The van der Waals surface area contributed by atoms with E-state index in [1.807, 2.05) is 103 Å². The zero-order valence-corrected chi connectivity index (χ0v) is 35.4. The Morgan fingerprint density at radius 2 is 1.54 bits per heavy atom. The number of hydrogen-bond acceptors (Lipinski definition) is 7. The van der Waals surface area contributed by atoms with E-state index in [2.05, 4.69) is 29.3 Å². The van der Waals surface area contributed by atoms with E-state index in [1.54, 1.807) is 19.2 Å². The van der Waals surface area contributed by atoms with Gasteiger partial charge in [0, 0.05) is 25.6 Å². The summed E-state index contributed by atoms with van der Waals surface area (Å²) in [5.74, 6) is 0.515. The topological polar surface area (TPSA) is 107 Å². The van der Waals surface area contributed by atoms with Crippen LogP contribution in [-0.4, -0.2) is 48.2 Å². The molecule has 11 heteroatoms. The highest BCUT2D eigenvalue weighted by molar-refractivity contribution is 6.42. The van der Waals surface area contributed by atoms with Crippen LogP contribution in [0.15, 0.2) is 127 Å². The molecule has 2 aliphatic rings. The van der Waals surface area contributed by atoms with Crippen LogP contribution in [-0.2, 0) is 30.8 Å². The Hall–Kier alpha value is -6.00. The first-order chi connectivity index (χ1) is 29.7. The number of methoxy groups -OCH3 is 1. The van der Waals surface area contributed by atoms with Crippen molar-refractivity contribution < 1.29 is 33.6 Å². The number of carbonyl (C=O) groups excluding carboxylic acids is 1. The summed E-state index contributed by atoms with van der Waals surface area (Å²) in [6.07, 6.45) is 1.09. The predicted molar refractivity (Wildman–Crippen MR) is 237 cm³/mol. The second-order valence-corrected chi connectivity index (χ2v) is 16.1. The zero-order valence-electron chi connectivity index (χ0n) is 33.9. The minimum atomic E-state index is -1.21. The smallest absolute Gasteiger partial charge is 0.326 e. The molecule has 2 heterocycles. The van der Waals surface area contributed by atoms with Gasteiger partial charge >= 0.3 is 5.97 Å². The molecule has 2 aliphatic heterocycles. The summed E-state index contributed by atoms with van der Waals surface area (Å²) >= 11 is 12.3. The van der Waals surface area contributed by atoms with Gasteiger partial charge in [-0.3, -0.25) is 9.69 Å². The highest BCUT2D eigenvalue weighted by Crippen LogP contribution is 2.45. The van der Waals surface area contributed by atoms with Gasteiger partial charge in [-0.2, -0.15) is 0 Å². The van der Waals surface area contributed by atoms with E-state index in [0.29, 0.717) is 52.4 Å². The van der Waals surface area contributed by atoms with Gasteiger partial charge in [0.25, 0.3) is 5.91 Å². The van der Waals surface area contributed by atoms with E-state index < -0.39 is 24.0 Å². The first-order valence-corrected chi connectivity index (χ1v) is 21.1. The number of rotatable bonds is 14. The molecule has 3 atom stereocenters. The van der Waals surface area contributed by atoms with E-state index in [4.69, 9.17) is 42.1 Å². The summed E-state index contributed by atoms with van der Waals surface area (Å²) in [4.78, 5) is 30.0. The van der Waals surface area contributed by atoms with Crippen LogP contribution < -0.4 is 24.3 Å². The number of carboxylic acids is 1. The van der Waals surface area contributed by atoms with Crippen molar-refractivity contribution in [3.63, 3.8) is 0 Å². The predicted octanol–water partition coefficient (Wildman–Crippen LogP) is 10.7. The third-order valence-corrected chi connectivity index (χ3v) is 12.2. The Kier molecular flexibility index (Phi) is 12.8. The van der Waals surface area contributed by atoms with Gasteiger partial charge in [-0.05, 0) is 99.8 Å². The maximum atomic E-state index is 14.7. The van der Waals surface area contributed by atoms with E-state index >= 15 is 0 Å². The number of benzene rings is 6. The second kappa shape index (κ2) is 18.7. The molecule has 0 radical (unpaired) electrons. The fraction of sp³-hybridized carbons (Fsp3) is 0.240. The van der Waals surface area contributed by atoms with Gasteiger partial charge in [-0.25, -0.2) is 4.79 Å². The third kappa shape index (κ3) is 9.50. The highest BCUT2D eigenvalue weighted by atomic mass is 35.5. The van der Waals surface area contributed by atoms with Crippen LogP contribution in [0.4, 0.5) is 0 Å². The van der Waals surface area contributed by atoms with Gasteiger partial charge < -0.3 is 29.4 Å². The number of halogens is 2. The number of aliphatic carboxylic acids is 1. The summed E-state index contributed by atoms with van der Waals surface area (Å²) in [6, 6.07) is 39.6. The fourth-order valence-corrected chi connectivity index (χ4v) is 8.48. The number of hydrogen-bond donors (Lipinski definition) is 2. The van der Waals surface area contributed by atoms with Crippen molar-refractivity contribution in [1.29, 1.82) is 0 Å². The molecule has 6 aromatic rings. The summed E-state index contributed by atoms with van der Waals surface area (Å²) in [6.45, 7) is 3.96. The molecule has 0 fully saturated rings. The normalized spacial score (nSPS) is 15.6. The van der Waals surface area contributed by atoms with Gasteiger partial charge in [0.15, 0.2) is 17.6 Å². The van der Waals surface area contributed by atoms with Gasteiger partial charge in [0.05, 0.1) is 22.7 Å². The van der Waals surface area contributed by atoms with Crippen molar-refractivity contribution in [2.75, 3.05) is 20.3 Å². The van der Waals surface area contributed by atoms with Gasteiger partial charge in [0.2, 0.25) is 0 Å². The summed E-state index contributed by atoms with van der Waals surface area (Å²) in [7, 11) is 1.63. The third-order valence-electron chi connectivity index (χ3n) is 11.4. The van der Waals surface area contributed by atoms with Gasteiger partial charge in [-0.1, -0.05) is 115 Å². The number of ether oxygens (including phenoxy) is 4. The number of carboxylic acid groups (broad SMARTS) is 1. The van der Waals surface area contributed by atoms with E-state index in [9.17, 15) is 14.7 Å². The molecule has 8 rings (SSSR count). The van der Waals surface area contributed by atoms with Gasteiger partial charge in [-0.15, -0.1) is 0 Å². The maximum Gasteiger partial charge on any atom is 0.326 e. The molecule has 312 valence electrons. The molecule has 6 aromatic carbocycles. The van der Waals surface area contributed by atoms with Crippen LogP contribution in [0.5, 0.6) is 23.0 Å². The molecule has 2 N–H and O–H groups in total. The minimum absolute atomic E-state index is 0.0820. The van der Waals surface area contributed by atoms with E-state index in [1.165, 1.54) is 5.56 Å². The summed E-state index contributed by atoms with van der Waals surface area (Å²) < 4.78 is 24.4. The Morgan fingerprint density at radius 1 is 0.852 bits per heavy atom. The lowest BCUT2D eigenvalue weighted by Gasteiger charge is -2.38. The molecule has 0 spiro atoms. The molecular weight excluding hydrogens is 811 g/mol. The van der Waals surface area contributed by atoms with E-state index in [0.717, 1.165) is 57.7 Å². The van der Waals surface area contributed by atoms with Crippen molar-refractivity contribution in [2.45, 2.75) is 57.5 Å². The highest BCUT2D eigenvalue weighted by Gasteiger charge is 2.36. The molecule has 9 nitrogen and oxygen atoms in total. The van der Waals surface area contributed by atoms with Crippen molar-refractivity contribution >= 4 is 35.1 Å². The number of carbonyl (C=O) groups is 2. The quantitative estimate of drug-likeness (QED) is 0.112.